The molecule has 1 fully saturated rings. The summed E-state index contributed by atoms with van der Waals surface area (Å²) in [6, 6.07) is 5.25. The quantitative estimate of drug-likeness (QED) is 0.681. The molecule has 1 saturated heterocycles. The predicted octanol–water partition coefficient (Wildman–Crippen LogP) is 1.32. The first-order valence-corrected chi connectivity index (χ1v) is 9.35. The van der Waals surface area contributed by atoms with Crippen LogP contribution in [0.25, 0.3) is 11.3 Å². The number of rotatable bonds is 4. The van der Waals surface area contributed by atoms with Crippen LogP contribution in [0.1, 0.15) is 12.8 Å². The summed E-state index contributed by atoms with van der Waals surface area (Å²) in [4.78, 5) is 39.4. The lowest BCUT2D eigenvalue weighted by atomic mass is 9.96. The molecule has 1 aliphatic rings. The fourth-order valence-corrected chi connectivity index (χ4v) is 3.55. The van der Waals surface area contributed by atoms with Crippen molar-refractivity contribution in [2.45, 2.75) is 19.4 Å². The lowest BCUT2D eigenvalue weighted by Gasteiger charge is -2.32. The van der Waals surface area contributed by atoms with Crippen LogP contribution in [0.15, 0.2) is 58.9 Å². The Labute approximate surface area is 162 Å². The summed E-state index contributed by atoms with van der Waals surface area (Å²) >= 11 is 0. The molecule has 0 saturated carbocycles. The predicted molar refractivity (Wildman–Crippen MR) is 106 cm³/mol. The molecule has 4 heterocycles. The van der Waals surface area contributed by atoms with Gasteiger partial charge in [0.1, 0.15) is 0 Å². The van der Waals surface area contributed by atoms with Crippen molar-refractivity contribution in [1.29, 1.82) is 0 Å². The fourth-order valence-electron chi connectivity index (χ4n) is 3.55. The van der Waals surface area contributed by atoms with E-state index in [1.54, 1.807) is 53.4 Å². The van der Waals surface area contributed by atoms with Crippen LogP contribution in [0, 0.1) is 5.92 Å². The van der Waals surface area contributed by atoms with Crippen molar-refractivity contribution < 1.29 is 0 Å². The zero-order valence-electron chi connectivity index (χ0n) is 15.7. The first kappa shape index (κ1) is 18.1. The van der Waals surface area contributed by atoms with Gasteiger partial charge in [0.05, 0.1) is 12.0 Å². The van der Waals surface area contributed by atoms with E-state index in [-0.39, 0.29) is 11.1 Å². The van der Waals surface area contributed by atoms with Crippen LogP contribution in [0.3, 0.4) is 0 Å². The highest BCUT2D eigenvalue weighted by Gasteiger charge is 2.22. The van der Waals surface area contributed by atoms with E-state index in [4.69, 9.17) is 0 Å². The monoisotopic (exact) mass is 378 g/mol. The van der Waals surface area contributed by atoms with E-state index in [9.17, 15) is 9.59 Å². The molecule has 8 heteroatoms. The minimum Gasteiger partial charge on any atom is -0.352 e. The van der Waals surface area contributed by atoms with Crippen molar-refractivity contribution in [3.63, 3.8) is 0 Å². The van der Waals surface area contributed by atoms with Gasteiger partial charge in [-0.3, -0.25) is 19.1 Å². The number of piperidine rings is 1. The second-order valence-corrected chi connectivity index (χ2v) is 7.10. The summed E-state index contributed by atoms with van der Waals surface area (Å²) in [6.45, 7) is 2.15. The molecule has 0 amide bonds. The van der Waals surface area contributed by atoms with E-state index in [2.05, 4.69) is 15.0 Å². The van der Waals surface area contributed by atoms with E-state index in [0.29, 0.717) is 24.0 Å². The topological polar surface area (TPSA) is 85.9 Å². The first-order valence-electron chi connectivity index (χ1n) is 9.35. The van der Waals surface area contributed by atoms with E-state index in [0.717, 1.165) is 31.5 Å². The highest BCUT2D eigenvalue weighted by Crippen LogP contribution is 2.21. The molecule has 0 aliphatic carbocycles. The number of pyridine rings is 1. The largest absolute Gasteiger partial charge is 0.352 e. The Kier molecular flexibility index (Phi) is 5.01. The molecule has 8 nitrogen and oxygen atoms in total. The van der Waals surface area contributed by atoms with Crippen molar-refractivity contribution in [3.8, 4) is 11.3 Å². The number of hydrogen-bond donors (Lipinski definition) is 0. The van der Waals surface area contributed by atoms with Gasteiger partial charge in [-0.2, -0.15) is 0 Å². The zero-order valence-corrected chi connectivity index (χ0v) is 15.7. The summed E-state index contributed by atoms with van der Waals surface area (Å²) in [7, 11) is 1.73. The van der Waals surface area contributed by atoms with Gasteiger partial charge in [0.25, 0.3) is 11.1 Å². The number of anilines is 1. The number of aromatic nitrogens is 5. The normalized spacial score (nSPS) is 15.0. The van der Waals surface area contributed by atoms with E-state index >= 15 is 0 Å². The van der Waals surface area contributed by atoms with Crippen LogP contribution in [-0.4, -0.2) is 37.2 Å². The molecule has 4 rings (SSSR count). The van der Waals surface area contributed by atoms with Gasteiger partial charge in [-0.25, -0.2) is 9.97 Å². The molecule has 0 aromatic carbocycles. The summed E-state index contributed by atoms with van der Waals surface area (Å²) in [5.41, 5.74) is 1.41. The van der Waals surface area contributed by atoms with Gasteiger partial charge < -0.3 is 9.47 Å². The van der Waals surface area contributed by atoms with Gasteiger partial charge >= 0.3 is 0 Å². The Hall–Kier alpha value is -3.29. The Morgan fingerprint density at radius 2 is 1.82 bits per heavy atom. The average Bonchev–Trinajstić information content (AvgIpc) is 2.73. The molecule has 0 N–H and O–H groups in total. The van der Waals surface area contributed by atoms with Crippen molar-refractivity contribution in [2.75, 3.05) is 18.0 Å². The van der Waals surface area contributed by atoms with Crippen molar-refractivity contribution in [1.82, 2.24) is 24.1 Å². The number of aryl methyl sites for hydroxylation is 1. The first-order chi connectivity index (χ1) is 13.6. The molecule has 3 aromatic heterocycles. The Bertz CT molecular complexity index is 1070. The van der Waals surface area contributed by atoms with Gasteiger partial charge in [0.15, 0.2) is 5.82 Å². The summed E-state index contributed by atoms with van der Waals surface area (Å²) in [5, 5.41) is 0. The molecule has 0 bridgehead atoms. The molecule has 3 aromatic rings. The summed E-state index contributed by atoms with van der Waals surface area (Å²) in [5.74, 6) is 0.874. The molecule has 0 radical (unpaired) electrons. The second kappa shape index (κ2) is 7.75. The van der Waals surface area contributed by atoms with Crippen LogP contribution >= 0.6 is 0 Å². The number of hydrogen-bond acceptors (Lipinski definition) is 6. The third kappa shape index (κ3) is 3.71. The SMILES string of the molecule is Cn1ccnc(N2CCC(Cn3cnc(-c4ccncc4)cc3=O)CC2)c1=O. The second-order valence-electron chi connectivity index (χ2n) is 7.10. The minimum absolute atomic E-state index is 0.0529. The maximum atomic E-state index is 12.5. The van der Waals surface area contributed by atoms with Crippen molar-refractivity contribution >= 4 is 5.82 Å². The summed E-state index contributed by atoms with van der Waals surface area (Å²) < 4.78 is 3.22. The van der Waals surface area contributed by atoms with Gasteiger partial charge in [-0.05, 0) is 30.9 Å². The minimum atomic E-state index is -0.0759. The van der Waals surface area contributed by atoms with Crippen molar-refractivity contribution in [3.05, 3.63) is 70.0 Å². The smallest absolute Gasteiger partial charge is 0.293 e. The molecule has 28 heavy (non-hydrogen) atoms. The molecule has 0 spiro atoms. The van der Waals surface area contributed by atoms with Crippen LogP contribution in [0.4, 0.5) is 5.82 Å². The Balaban J connectivity index is 1.42. The van der Waals surface area contributed by atoms with Gasteiger partial charge in [-0.15, -0.1) is 0 Å². The average molecular weight is 378 g/mol. The van der Waals surface area contributed by atoms with Gasteiger partial charge in [0.2, 0.25) is 0 Å². The lowest BCUT2D eigenvalue weighted by Crippen LogP contribution is -2.40. The van der Waals surface area contributed by atoms with E-state index in [1.165, 1.54) is 0 Å². The fraction of sp³-hybridized carbons (Fsp3) is 0.350. The number of nitrogens with zero attached hydrogens (tertiary/aromatic N) is 6. The van der Waals surface area contributed by atoms with Crippen LogP contribution in [0.5, 0.6) is 0 Å². The zero-order chi connectivity index (χ0) is 19.5. The van der Waals surface area contributed by atoms with Crippen LogP contribution in [0.2, 0.25) is 0 Å². The highest BCUT2D eigenvalue weighted by molar-refractivity contribution is 5.57. The van der Waals surface area contributed by atoms with Crippen molar-refractivity contribution in [2.24, 2.45) is 13.0 Å². The molecule has 0 unspecified atom stereocenters. The molecule has 0 atom stereocenters. The Morgan fingerprint density at radius 3 is 2.54 bits per heavy atom. The molecular weight excluding hydrogens is 356 g/mol. The third-order valence-electron chi connectivity index (χ3n) is 5.22. The van der Waals surface area contributed by atoms with Crippen LogP contribution in [-0.2, 0) is 13.6 Å². The Morgan fingerprint density at radius 1 is 1.07 bits per heavy atom. The van der Waals surface area contributed by atoms with E-state index < -0.39 is 0 Å². The maximum Gasteiger partial charge on any atom is 0.293 e. The maximum absolute atomic E-state index is 12.5. The molecule has 144 valence electrons. The standard InChI is InChI=1S/C20H22N6O2/c1-24-11-8-22-19(20(24)28)25-9-4-15(5-10-25)13-26-14-23-17(12-18(26)27)16-2-6-21-7-3-16/h2-3,6-8,11-12,14-15H,4-5,9-10,13H2,1H3. The van der Waals surface area contributed by atoms with Crippen LogP contribution < -0.4 is 16.0 Å². The third-order valence-corrected chi connectivity index (χ3v) is 5.22. The van der Waals surface area contributed by atoms with E-state index in [1.807, 2.05) is 17.0 Å². The van der Waals surface area contributed by atoms with Gasteiger partial charge in [0, 0.05) is 63.1 Å². The molecular formula is C20H22N6O2. The highest BCUT2D eigenvalue weighted by atomic mass is 16.1. The van der Waals surface area contributed by atoms with Gasteiger partial charge in [-0.1, -0.05) is 0 Å². The lowest BCUT2D eigenvalue weighted by molar-refractivity contribution is 0.349. The summed E-state index contributed by atoms with van der Waals surface area (Å²) in [6.07, 6.45) is 10.1. The molecule has 1 aliphatic heterocycles.